The lowest BCUT2D eigenvalue weighted by Crippen LogP contribution is -2.51. The number of morpholine rings is 1. The van der Waals surface area contributed by atoms with Crippen molar-refractivity contribution in [3.63, 3.8) is 0 Å². The first-order valence-corrected chi connectivity index (χ1v) is 12.5. The Balaban J connectivity index is 0.00000306. The van der Waals surface area contributed by atoms with E-state index in [1.807, 2.05) is 0 Å². The van der Waals surface area contributed by atoms with Gasteiger partial charge in [0.1, 0.15) is 5.75 Å². The molecule has 33 heavy (non-hydrogen) atoms. The van der Waals surface area contributed by atoms with E-state index < -0.39 is 0 Å². The molecule has 186 valence electrons. The van der Waals surface area contributed by atoms with Crippen LogP contribution in [0.2, 0.25) is 0 Å². The Morgan fingerprint density at radius 2 is 1.91 bits per heavy atom. The van der Waals surface area contributed by atoms with Crippen molar-refractivity contribution in [1.29, 1.82) is 0 Å². The molecule has 3 unspecified atom stereocenters. The Kier molecular flexibility index (Phi) is 11.0. The summed E-state index contributed by atoms with van der Waals surface area (Å²) in [4.78, 5) is 10.2. The Morgan fingerprint density at radius 3 is 2.64 bits per heavy atom. The van der Waals surface area contributed by atoms with Crippen LogP contribution >= 0.6 is 24.0 Å². The minimum atomic E-state index is 0. The first-order chi connectivity index (χ1) is 15.8. The molecule has 4 rings (SSSR count). The summed E-state index contributed by atoms with van der Waals surface area (Å²) in [5.74, 6) is 1.78. The zero-order chi connectivity index (χ0) is 22.2. The number of aliphatic imine (C=N–C) groups is 1. The standard InChI is InChI=1S/C25H41N5O2.HI/c1-3-26-25(27-16-23-18-30-15-7-8-21(30)19-32-23)28-17-24(29-13-5-4-6-14-29)20-9-11-22(31-2)12-10-20;/h9-12,21,23-24H,3-8,13-19H2,1-2H3,(H2,26,27,28);1H. The van der Waals surface area contributed by atoms with Crippen molar-refractivity contribution in [1.82, 2.24) is 20.4 Å². The quantitative estimate of drug-likeness (QED) is 0.284. The third-order valence-corrected chi connectivity index (χ3v) is 7.06. The molecule has 1 aromatic rings. The van der Waals surface area contributed by atoms with Gasteiger partial charge in [-0.2, -0.15) is 0 Å². The summed E-state index contributed by atoms with van der Waals surface area (Å²) >= 11 is 0. The molecule has 3 saturated heterocycles. The number of methoxy groups -OCH3 is 1. The van der Waals surface area contributed by atoms with Crippen molar-refractivity contribution in [3.8, 4) is 5.75 Å². The first kappa shape index (κ1) is 26.5. The van der Waals surface area contributed by atoms with Gasteiger partial charge in [0.2, 0.25) is 0 Å². The van der Waals surface area contributed by atoms with Crippen molar-refractivity contribution in [2.75, 3.05) is 59.5 Å². The summed E-state index contributed by atoms with van der Waals surface area (Å²) in [6.07, 6.45) is 6.69. The predicted molar refractivity (Wildman–Crippen MR) is 145 cm³/mol. The van der Waals surface area contributed by atoms with Gasteiger partial charge in [0.25, 0.3) is 0 Å². The highest BCUT2D eigenvalue weighted by atomic mass is 127. The maximum atomic E-state index is 6.13. The molecular formula is C25H42IN5O2. The number of likely N-dealkylation sites (tertiary alicyclic amines) is 1. The molecular weight excluding hydrogens is 529 g/mol. The molecule has 0 aliphatic carbocycles. The van der Waals surface area contributed by atoms with Gasteiger partial charge in [0.15, 0.2) is 5.96 Å². The minimum absolute atomic E-state index is 0. The van der Waals surface area contributed by atoms with Crippen molar-refractivity contribution in [2.45, 2.75) is 57.2 Å². The number of ether oxygens (including phenoxy) is 2. The van der Waals surface area contributed by atoms with Crippen LogP contribution in [0, 0.1) is 0 Å². The Hall–Kier alpha value is -1.10. The molecule has 3 heterocycles. The number of fused-ring (bicyclic) bond motifs is 1. The number of hydrogen-bond donors (Lipinski definition) is 2. The van der Waals surface area contributed by atoms with Gasteiger partial charge in [-0.15, -0.1) is 24.0 Å². The number of rotatable bonds is 8. The fraction of sp³-hybridized carbons (Fsp3) is 0.720. The third kappa shape index (κ3) is 7.44. The topological polar surface area (TPSA) is 61.4 Å². The van der Waals surface area contributed by atoms with Gasteiger partial charge in [-0.05, 0) is 69.9 Å². The maximum Gasteiger partial charge on any atom is 0.191 e. The highest BCUT2D eigenvalue weighted by Crippen LogP contribution is 2.27. The van der Waals surface area contributed by atoms with Crippen LogP contribution in [0.1, 0.15) is 50.6 Å². The number of hydrogen-bond acceptors (Lipinski definition) is 5. The van der Waals surface area contributed by atoms with Crippen LogP contribution in [0.3, 0.4) is 0 Å². The number of nitrogens with one attached hydrogen (secondary N) is 2. The lowest BCUT2D eigenvalue weighted by molar-refractivity contribution is -0.0453. The molecule has 0 bridgehead atoms. The zero-order valence-electron chi connectivity index (χ0n) is 20.3. The van der Waals surface area contributed by atoms with Crippen molar-refractivity contribution >= 4 is 29.9 Å². The second-order valence-corrected chi connectivity index (χ2v) is 9.23. The van der Waals surface area contributed by atoms with E-state index in [1.54, 1.807) is 7.11 Å². The number of guanidine groups is 1. The van der Waals surface area contributed by atoms with Gasteiger partial charge in [-0.25, -0.2) is 0 Å². The lowest BCUT2D eigenvalue weighted by atomic mass is 10.0. The Morgan fingerprint density at radius 1 is 1.12 bits per heavy atom. The van der Waals surface area contributed by atoms with Crippen molar-refractivity contribution < 1.29 is 9.47 Å². The number of halogens is 1. The van der Waals surface area contributed by atoms with Crippen LogP contribution in [-0.2, 0) is 4.74 Å². The lowest BCUT2D eigenvalue weighted by Gasteiger charge is -2.35. The van der Waals surface area contributed by atoms with Crippen molar-refractivity contribution in [3.05, 3.63) is 29.8 Å². The molecule has 3 aliphatic rings. The molecule has 1 aromatic carbocycles. The number of benzene rings is 1. The summed E-state index contributed by atoms with van der Waals surface area (Å²) in [7, 11) is 1.72. The summed E-state index contributed by atoms with van der Waals surface area (Å²) in [6.45, 7) is 9.91. The van der Waals surface area contributed by atoms with E-state index >= 15 is 0 Å². The normalized spacial score (nSPS) is 25.1. The third-order valence-electron chi connectivity index (χ3n) is 7.06. The zero-order valence-corrected chi connectivity index (χ0v) is 22.6. The fourth-order valence-electron chi connectivity index (χ4n) is 5.23. The molecule has 3 aliphatic heterocycles. The molecule has 8 heteroatoms. The van der Waals surface area contributed by atoms with Crippen LogP contribution in [0.5, 0.6) is 5.75 Å². The largest absolute Gasteiger partial charge is 0.497 e. The smallest absolute Gasteiger partial charge is 0.191 e. The van der Waals surface area contributed by atoms with E-state index in [0.717, 1.165) is 57.6 Å². The average Bonchev–Trinajstić information content (AvgIpc) is 3.31. The summed E-state index contributed by atoms with van der Waals surface area (Å²) in [5.41, 5.74) is 1.31. The molecule has 0 radical (unpaired) electrons. The summed E-state index contributed by atoms with van der Waals surface area (Å²) in [5, 5.41) is 6.97. The SMILES string of the molecule is CCNC(=NCC(c1ccc(OC)cc1)N1CCCCC1)NCC1CN2CCCC2CO1.I. The maximum absolute atomic E-state index is 6.13. The van der Waals surface area contributed by atoms with Gasteiger partial charge >= 0.3 is 0 Å². The molecule has 0 aromatic heterocycles. The van der Waals surface area contributed by atoms with Gasteiger partial charge in [0.05, 0.1) is 32.4 Å². The van der Waals surface area contributed by atoms with Gasteiger partial charge in [-0.1, -0.05) is 18.6 Å². The highest BCUT2D eigenvalue weighted by molar-refractivity contribution is 14.0. The van der Waals surface area contributed by atoms with E-state index in [4.69, 9.17) is 14.5 Å². The van der Waals surface area contributed by atoms with E-state index in [2.05, 4.69) is 51.6 Å². The second-order valence-electron chi connectivity index (χ2n) is 9.23. The molecule has 0 spiro atoms. The fourth-order valence-corrected chi connectivity index (χ4v) is 5.23. The molecule has 0 saturated carbocycles. The summed E-state index contributed by atoms with van der Waals surface area (Å²) in [6, 6.07) is 9.43. The van der Waals surface area contributed by atoms with Crippen LogP contribution in [-0.4, -0.2) is 87.4 Å². The molecule has 3 atom stereocenters. The van der Waals surface area contributed by atoms with E-state index in [-0.39, 0.29) is 36.1 Å². The molecule has 0 amide bonds. The Labute approximate surface area is 216 Å². The molecule has 2 N–H and O–H groups in total. The van der Waals surface area contributed by atoms with Crippen LogP contribution in [0.25, 0.3) is 0 Å². The number of nitrogens with zero attached hydrogens (tertiary/aromatic N) is 3. The van der Waals surface area contributed by atoms with Gasteiger partial charge < -0.3 is 20.1 Å². The predicted octanol–water partition coefficient (Wildman–Crippen LogP) is 3.26. The monoisotopic (exact) mass is 571 g/mol. The summed E-state index contributed by atoms with van der Waals surface area (Å²) < 4.78 is 11.5. The van der Waals surface area contributed by atoms with Crippen molar-refractivity contribution in [2.24, 2.45) is 4.99 Å². The first-order valence-electron chi connectivity index (χ1n) is 12.5. The highest BCUT2D eigenvalue weighted by Gasteiger charge is 2.32. The van der Waals surface area contributed by atoms with E-state index in [0.29, 0.717) is 6.04 Å². The second kappa shape index (κ2) is 13.7. The van der Waals surface area contributed by atoms with Crippen LogP contribution in [0.15, 0.2) is 29.3 Å². The van der Waals surface area contributed by atoms with Gasteiger partial charge in [-0.3, -0.25) is 14.8 Å². The van der Waals surface area contributed by atoms with Crippen LogP contribution in [0.4, 0.5) is 0 Å². The molecule has 7 nitrogen and oxygen atoms in total. The van der Waals surface area contributed by atoms with Gasteiger partial charge in [0, 0.05) is 25.7 Å². The van der Waals surface area contributed by atoms with Crippen LogP contribution < -0.4 is 15.4 Å². The molecule has 3 fully saturated rings. The van der Waals surface area contributed by atoms with E-state index in [1.165, 1.54) is 44.2 Å². The number of piperidine rings is 1. The average molecular weight is 572 g/mol. The van der Waals surface area contributed by atoms with E-state index in [9.17, 15) is 0 Å². The Bertz CT molecular complexity index is 726. The minimum Gasteiger partial charge on any atom is -0.497 e.